The highest BCUT2D eigenvalue weighted by atomic mass is 19.3. The maximum atomic E-state index is 13.5. The van der Waals surface area contributed by atoms with Crippen molar-refractivity contribution in [2.75, 3.05) is 5.32 Å². The van der Waals surface area contributed by atoms with Gasteiger partial charge in [0.1, 0.15) is 11.9 Å². The second-order valence-electron chi connectivity index (χ2n) is 5.29. The third-order valence-electron chi connectivity index (χ3n) is 3.58. The van der Waals surface area contributed by atoms with Crippen LogP contribution in [0.2, 0.25) is 0 Å². The zero-order valence-electron chi connectivity index (χ0n) is 14.1. The van der Waals surface area contributed by atoms with Crippen LogP contribution in [-0.2, 0) is 0 Å². The van der Waals surface area contributed by atoms with Gasteiger partial charge in [0.25, 0.3) is 6.43 Å². The number of alkyl halides is 2. The van der Waals surface area contributed by atoms with Crippen molar-refractivity contribution >= 4 is 18.4 Å². The molecule has 1 aromatic heterocycles. The molecule has 24 heavy (non-hydrogen) atoms. The maximum Gasteiger partial charge on any atom is 0.492 e. The minimum absolute atomic E-state index is 0.0193. The molecule has 0 saturated carbocycles. The van der Waals surface area contributed by atoms with Crippen LogP contribution in [0.25, 0.3) is 0 Å². The lowest BCUT2D eigenvalue weighted by atomic mass is 9.80. The van der Waals surface area contributed by atoms with Crippen molar-refractivity contribution in [1.82, 2.24) is 4.98 Å². The van der Waals surface area contributed by atoms with Gasteiger partial charge in [0.2, 0.25) is 0 Å². The molecule has 0 aliphatic carbocycles. The average Bonchev–Trinajstić information content (AvgIpc) is 2.56. The minimum atomic E-state index is -2.69. The molecule has 7 heteroatoms. The fourth-order valence-electron chi connectivity index (χ4n) is 2.01. The Hall–Kier alpha value is -1.99. The van der Waals surface area contributed by atoms with Gasteiger partial charge < -0.3 is 15.4 Å². The van der Waals surface area contributed by atoms with Crippen molar-refractivity contribution < 1.29 is 18.8 Å². The molecular formula is C17H23BF2N2O2. The molecule has 0 fully saturated rings. The Bertz CT molecular complexity index is 616. The summed E-state index contributed by atoms with van der Waals surface area (Å²) in [7, 11) is -1.79. The first kappa shape index (κ1) is 20.1. The molecule has 1 aromatic rings. The lowest BCUT2D eigenvalue weighted by molar-refractivity contribution is 0.137. The van der Waals surface area contributed by atoms with Crippen LogP contribution in [0.4, 0.5) is 14.6 Å². The Morgan fingerprint density at radius 1 is 1.42 bits per heavy atom. The van der Waals surface area contributed by atoms with Crippen molar-refractivity contribution in [2.45, 2.75) is 39.7 Å². The number of rotatable bonds is 8. The molecule has 1 unspecified atom stereocenters. The molecule has 1 atom stereocenters. The van der Waals surface area contributed by atoms with Gasteiger partial charge in [0.15, 0.2) is 0 Å². The summed E-state index contributed by atoms with van der Waals surface area (Å²) in [4.78, 5) is 3.93. The number of anilines is 1. The zero-order chi connectivity index (χ0) is 18.1. The van der Waals surface area contributed by atoms with Crippen molar-refractivity contribution in [3.8, 4) is 0 Å². The Labute approximate surface area is 141 Å². The first-order chi connectivity index (χ1) is 11.4. The van der Waals surface area contributed by atoms with Gasteiger partial charge in [-0.15, -0.1) is 0 Å². The third kappa shape index (κ3) is 5.90. The normalized spacial score (nSPS) is 14.3. The molecule has 0 aliphatic heterocycles. The maximum absolute atomic E-state index is 13.5. The van der Waals surface area contributed by atoms with Crippen LogP contribution in [0, 0.1) is 0 Å². The van der Waals surface area contributed by atoms with E-state index < -0.39 is 19.6 Å². The molecule has 0 spiro atoms. The van der Waals surface area contributed by atoms with E-state index in [1.54, 1.807) is 25.2 Å². The zero-order valence-corrected chi connectivity index (χ0v) is 14.1. The van der Waals surface area contributed by atoms with Gasteiger partial charge in [-0.1, -0.05) is 42.9 Å². The number of nitrogens with zero attached hydrogens (tertiary/aromatic N) is 1. The van der Waals surface area contributed by atoms with Crippen LogP contribution in [0.1, 0.15) is 27.2 Å². The van der Waals surface area contributed by atoms with Gasteiger partial charge in [0, 0.05) is 11.7 Å². The monoisotopic (exact) mass is 336 g/mol. The van der Waals surface area contributed by atoms with Crippen LogP contribution < -0.4 is 10.8 Å². The van der Waals surface area contributed by atoms with Crippen LogP contribution in [0.15, 0.2) is 53.8 Å². The summed E-state index contributed by atoms with van der Waals surface area (Å²) in [5.41, 5.74) is 1.57. The Balaban J connectivity index is 3.06. The Kier molecular flexibility index (Phi) is 8.36. The van der Waals surface area contributed by atoms with E-state index in [0.29, 0.717) is 5.57 Å². The SMILES string of the molecule is C\C=C(/C=C\C=C(/C)CC)C(Nc1ncccc1B(O)O)C(F)F. The van der Waals surface area contributed by atoms with Gasteiger partial charge in [-0.2, -0.15) is 0 Å². The highest BCUT2D eigenvalue weighted by Crippen LogP contribution is 2.18. The minimum Gasteiger partial charge on any atom is -0.423 e. The topological polar surface area (TPSA) is 65.4 Å². The smallest absolute Gasteiger partial charge is 0.423 e. The second-order valence-corrected chi connectivity index (χ2v) is 5.29. The van der Waals surface area contributed by atoms with Gasteiger partial charge in [-0.25, -0.2) is 13.8 Å². The fourth-order valence-corrected chi connectivity index (χ4v) is 2.01. The predicted molar refractivity (Wildman–Crippen MR) is 94.4 cm³/mol. The van der Waals surface area contributed by atoms with E-state index in [2.05, 4.69) is 10.3 Å². The van der Waals surface area contributed by atoms with Crippen LogP contribution in [-0.4, -0.2) is 34.6 Å². The standard InChI is InChI=1S/C17H23BF2N2O2/c1-4-12(3)8-6-9-13(5-2)15(16(19)20)22-17-14(18(23)24)10-7-11-21-17/h5-11,15-16,23-24H,4H2,1-3H3,(H,21,22)/b9-6-,12-8+,13-5+. The molecule has 0 aliphatic rings. The molecule has 3 N–H and O–H groups in total. The summed E-state index contributed by atoms with van der Waals surface area (Å²) in [5.74, 6) is 0.0193. The van der Waals surface area contributed by atoms with Crippen LogP contribution in [0.3, 0.4) is 0 Å². The average molecular weight is 336 g/mol. The predicted octanol–water partition coefficient (Wildman–Crippen LogP) is 2.67. The highest BCUT2D eigenvalue weighted by molar-refractivity contribution is 6.60. The number of nitrogens with one attached hydrogen (secondary N) is 1. The Morgan fingerprint density at radius 2 is 2.12 bits per heavy atom. The molecule has 130 valence electrons. The number of hydrogen-bond acceptors (Lipinski definition) is 4. The third-order valence-corrected chi connectivity index (χ3v) is 3.58. The second kappa shape index (κ2) is 10.00. The number of hydrogen-bond donors (Lipinski definition) is 3. The first-order valence-electron chi connectivity index (χ1n) is 7.76. The number of halogens is 2. The number of aromatic nitrogens is 1. The summed E-state index contributed by atoms with van der Waals surface area (Å²) in [5, 5.41) is 21.3. The van der Waals surface area contributed by atoms with Crippen molar-refractivity contribution in [3.05, 3.63) is 53.8 Å². The van der Waals surface area contributed by atoms with Gasteiger partial charge in [-0.05, 0) is 31.9 Å². The summed E-state index contributed by atoms with van der Waals surface area (Å²) in [6.07, 6.45) is 6.39. The molecule has 0 aromatic carbocycles. The quantitative estimate of drug-likeness (QED) is 0.504. The molecule has 0 amide bonds. The van der Waals surface area contributed by atoms with Crippen LogP contribution in [0.5, 0.6) is 0 Å². The lowest BCUT2D eigenvalue weighted by Crippen LogP contribution is -2.38. The van der Waals surface area contributed by atoms with Gasteiger partial charge in [-0.3, -0.25) is 0 Å². The van der Waals surface area contributed by atoms with E-state index in [1.165, 1.54) is 18.3 Å². The lowest BCUT2D eigenvalue weighted by Gasteiger charge is -2.21. The van der Waals surface area contributed by atoms with Gasteiger partial charge in [0.05, 0.1) is 0 Å². The van der Waals surface area contributed by atoms with E-state index >= 15 is 0 Å². The Morgan fingerprint density at radius 3 is 2.67 bits per heavy atom. The number of pyridine rings is 1. The molecule has 0 saturated heterocycles. The van der Waals surface area contributed by atoms with Crippen molar-refractivity contribution in [1.29, 1.82) is 0 Å². The molecule has 1 heterocycles. The van der Waals surface area contributed by atoms with E-state index in [9.17, 15) is 18.8 Å². The molecule has 0 radical (unpaired) electrons. The summed E-state index contributed by atoms with van der Waals surface area (Å²) < 4.78 is 27.0. The highest BCUT2D eigenvalue weighted by Gasteiger charge is 2.26. The summed E-state index contributed by atoms with van der Waals surface area (Å²) in [6, 6.07) is 1.61. The van der Waals surface area contributed by atoms with E-state index in [0.717, 1.165) is 12.0 Å². The number of allylic oxidation sites excluding steroid dienone is 4. The summed E-state index contributed by atoms with van der Waals surface area (Å²) >= 11 is 0. The fraction of sp³-hybridized carbons (Fsp3) is 0.353. The van der Waals surface area contributed by atoms with Crippen molar-refractivity contribution in [3.63, 3.8) is 0 Å². The molecule has 4 nitrogen and oxygen atoms in total. The van der Waals surface area contributed by atoms with Crippen LogP contribution >= 0.6 is 0 Å². The molecular weight excluding hydrogens is 313 g/mol. The van der Waals surface area contributed by atoms with E-state index in [1.807, 2.05) is 19.9 Å². The van der Waals surface area contributed by atoms with Crippen molar-refractivity contribution in [2.24, 2.45) is 0 Å². The molecule has 0 bridgehead atoms. The molecule has 1 rings (SSSR count). The van der Waals surface area contributed by atoms with E-state index in [4.69, 9.17) is 0 Å². The van der Waals surface area contributed by atoms with E-state index in [-0.39, 0.29) is 11.3 Å². The largest absolute Gasteiger partial charge is 0.492 e. The van der Waals surface area contributed by atoms with Gasteiger partial charge >= 0.3 is 7.12 Å². The summed E-state index contributed by atoms with van der Waals surface area (Å²) in [6.45, 7) is 5.65. The first-order valence-corrected chi connectivity index (χ1v) is 7.76.